The number of rotatable bonds is 7. The van der Waals surface area contributed by atoms with Crippen LogP contribution in [0.15, 0.2) is 24.3 Å². The topological polar surface area (TPSA) is 29.3 Å². The number of hydrogen-bond donors (Lipinski definition) is 1. The van der Waals surface area contributed by atoms with Crippen LogP contribution in [0.4, 0.5) is 0 Å². The fourth-order valence-corrected chi connectivity index (χ4v) is 2.07. The third-order valence-electron chi connectivity index (χ3n) is 3.19. The molecule has 2 N–H and O–H groups in total. The number of hydrogen-bond acceptors (Lipinski definition) is 2. The smallest absolute Gasteiger partial charge is 0.00189 e. The van der Waals surface area contributed by atoms with Crippen LogP contribution in [0.1, 0.15) is 24.5 Å². The summed E-state index contributed by atoms with van der Waals surface area (Å²) in [7, 11) is 2.20. The van der Waals surface area contributed by atoms with Gasteiger partial charge in [0.15, 0.2) is 0 Å². The maximum Gasteiger partial charge on any atom is 0.00189 e. The third-order valence-corrected chi connectivity index (χ3v) is 3.19. The second-order valence-corrected chi connectivity index (χ2v) is 5.18. The summed E-state index contributed by atoms with van der Waals surface area (Å²) < 4.78 is 0. The molecule has 0 aliphatic carbocycles. The number of benzene rings is 1. The zero-order valence-electron chi connectivity index (χ0n) is 11.4. The maximum atomic E-state index is 5.57. The Morgan fingerprint density at radius 2 is 1.88 bits per heavy atom. The van der Waals surface area contributed by atoms with Crippen molar-refractivity contribution in [2.75, 3.05) is 26.7 Å². The molecular weight excluding hydrogens is 208 g/mol. The van der Waals surface area contributed by atoms with Gasteiger partial charge in [-0.2, -0.15) is 0 Å². The molecule has 2 nitrogen and oxygen atoms in total. The summed E-state index contributed by atoms with van der Waals surface area (Å²) in [5.41, 5.74) is 8.32. The monoisotopic (exact) mass is 234 g/mol. The highest BCUT2D eigenvalue weighted by molar-refractivity contribution is 5.21. The van der Waals surface area contributed by atoms with Crippen LogP contribution >= 0.6 is 0 Å². The molecule has 0 aliphatic heterocycles. The van der Waals surface area contributed by atoms with Crippen LogP contribution in [-0.4, -0.2) is 31.6 Å². The van der Waals surface area contributed by atoms with Crippen LogP contribution in [0.5, 0.6) is 0 Å². The minimum Gasteiger partial charge on any atom is -0.330 e. The van der Waals surface area contributed by atoms with Crippen molar-refractivity contribution < 1.29 is 0 Å². The van der Waals surface area contributed by atoms with Gasteiger partial charge >= 0.3 is 0 Å². The van der Waals surface area contributed by atoms with Crippen molar-refractivity contribution in [3.8, 4) is 0 Å². The van der Waals surface area contributed by atoms with Crippen molar-refractivity contribution in [1.82, 2.24) is 4.90 Å². The summed E-state index contributed by atoms with van der Waals surface area (Å²) >= 11 is 0. The van der Waals surface area contributed by atoms with Crippen molar-refractivity contribution >= 4 is 0 Å². The molecule has 1 aromatic rings. The van der Waals surface area contributed by atoms with E-state index in [0.29, 0.717) is 5.92 Å². The van der Waals surface area contributed by atoms with Crippen molar-refractivity contribution in [2.45, 2.75) is 26.7 Å². The normalized spacial score (nSPS) is 13.0. The molecule has 0 aromatic heterocycles. The van der Waals surface area contributed by atoms with Crippen LogP contribution in [0, 0.1) is 12.8 Å². The predicted molar refractivity (Wildman–Crippen MR) is 75.2 cm³/mol. The summed E-state index contributed by atoms with van der Waals surface area (Å²) in [6.45, 7) is 7.47. The van der Waals surface area contributed by atoms with Crippen LogP contribution in [0.25, 0.3) is 0 Å². The highest BCUT2D eigenvalue weighted by Crippen LogP contribution is 2.06. The molecule has 0 amide bonds. The number of aryl methyl sites for hydroxylation is 1. The van der Waals surface area contributed by atoms with Crippen molar-refractivity contribution in [1.29, 1.82) is 0 Å². The molecular formula is C15H26N2. The van der Waals surface area contributed by atoms with Gasteiger partial charge in [-0.05, 0) is 44.8 Å². The Hall–Kier alpha value is -0.860. The van der Waals surface area contributed by atoms with Crippen LogP contribution in [0.2, 0.25) is 0 Å². The van der Waals surface area contributed by atoms with Gasteiger partial charge < -0.3 is 10.6 Å². The first-order chi connectivity index (χ1) is 8.11. The molecule has 0 radical (unpaired) electrons. The lowest BCUT2D eigenvalue weighted by atomic mass is 10.1. The lowest BCUT2D eigenvalue weighted by Gasteiger charge is -2.20. The Bertz CT molecular complexity index is 305. The predicted octanol–water partition coefficient (Wildman–Crippen LogP) is 2.45. The fourth-order valence-electron chi connectivity index (χ4n) is 2.07. The molecule has 0 bridgehead atoms. The molecule has 17 heavy (non-hydrogen) atoms. The highest BCUT2D eigenvalue weighted by atomic mass is 15.1. The molecule has 0 aliphatic rings. The van der Waals surface area contributed by atoms with Crippen LogP contribution < -0.4 is 5.73 Å². The quantitative estimate of drug-likeness (QED) is 0.785. The first-order valence-corrected chi connectivity index (χ1v) is 6.56. The first kappa shape index (κ1) is 14.2. The molecule has 2 heteroatoms. The molecule has 96 valence electrons. The maximum absolute atomic E-state index is 5.57. The van der Waals surface area contributed by atoms with E-state index in [9.17, 15) is 0 Å². The van der Waals surface area contributed by atoms with Gasteiger partial charge in [-0.1, -0.05) is 36.8 Å². The molecule has 0 spiro atoms. The zero-order chi connectivity index (χ0) is 12.7. The zero-order valence-corrected chi connectivity index (χ0v) is 11.4. The largest absolute Gasteiger partial charge is 0.330 e. The number of likely N-dealkylation sites (N-methyl/N-ethyl adjacent to an activating group) is 1. The van der Waals surface area contributed by atoms with Gasteiger partial charge in [0.25, 0.3) is 0 Å². The molecule has 0 fully saturated rings. The molecule has 0 saturated heterocycles. The van der Waals surface area contributed by atoms with E-state index in [4.69, 9.17) is 5.73 Å². The van der Waals surface area contributed by atoms with E-state index in [1.54, 1.807) is 0 Å². The molecule has 1 aromatic carbocycles. The Morgan fingerprint density at radius 3 is 2.47 bits per heavy atom. The van der Waals surface area contributed by atoms with E-state index < -0.39 is 0 Å². The Labute approximate surface area is 106 Å². The van der Waals surface area contributed by atoms with Gasteiger partial charge in [-0.15, -0.1) is 0 Å². The average molecular weight is 234 g/mol. The second kappa shape index (κ2) is 7.46. The van der Waals surface area contributed by atoms with Crippen molar-refractivity contribution in [3.63, 3.8) is 0 Å². The summed E-state index contributed by atoms with van der Waals surface area (Å²) in [5.74, 6) is 0.697. The Balaban J connectivity index is 2.27. The van der Waals surface area contributed by atoms with Crippen LogP contribution in [-0.2, 0) is 6.42 Å². The number of nitrogens with zero attached hydrogens (tertiary/aromatic N) is 1. The highest BCUT2D eigenvalue weighted by Gasteiger charge is 2.05. The third kappa shape index (κ3) is 5.85. The van der Waals surface area contributed by atoms with E-state index in [1.807, 2.05) is 0 Å². The van der Waals surface area contributed by atoms with Gasteiger partial charge in [-0.3, -0.25) is 0 Å². The minimum absolute atomic E-state index is 0.697. The Kier molecular flexibility index (Phi) is 6.23. The van der Waals surface area contributed by atoms with Gasteiger partial charge in [0.1, 0.15) is 0 Å². The van der Waals surface area contributed by atoms with Crippen molar-refractivity contribution in [2.24, 2.45) is 11.7 Å². The van der Waals surface area contributed by atoms with E-state index in [-0.39, 0.29) is 0 Å². The van der Waals surface area contributed by atoms with E-state index in [0.717, 1.165) is 32.5 Å². The van der Waals surface area contributed by atoms with Gasteiger partial charge in [0.2, 0.25) is 0 Å². The minimum atomic E-state index is 0.697. The molecule has 1 rings (SSSR count). The SMILES string of the molecule is Cc1ccc(CCN(C)CC(C)CCN)cc1. The van der Waals surface area contributed by atoms with Crippen LogP contribution in [0.3, 0.4) is 0 Å². The first-order valence-electron chi connectivity index (χ1n) is 6.56. The molecule has 1 atom stereocenters. The summed E-state index contributed by atoms with van der Waals surface area (Å²) in [4.78, 5) is 2.40. The molecule has 0 heterocycles. The number of nitrogens with two attached hydrogens (primary N) is 1. The summed E-state index contributed by atoms with van der Waals surface area (Å²) in [6.07, 6.45) is 2.25. The standard InChI is InChI=1S/C15H26N2/c1-13-4-6-15(7-5-13)9-11-17(3)12-14(2)8-10-16/h4-7,14H,8-12,16H2,1-3H3. The lowest BCUT2D eigenvalue weighted by molar-refractivity contribution is 0.283. The van der Waals surface area contributed by atoms with Crippen molar-refractivity contribution in [3.05, 3.63) is 35.4 Å². The molecule has 1 unspecified atom stereocenters. The lowest BCUT2D eigenvalue weighted by Crippen LogP contribution is -2.27. The van der Waals surface area contributed by atoms with Gasteiger partial charge in [-0.25, -0.2) is 0 Å². The van der Waals surface area contributed by atoms with Gasteiger partial charge in [0, 0.05) is 13.1 Å². The summed E-state index contributed by atoms with van der Waals surface area (Å²) in [5, 5.41) is 0. The Morgan fingerprint density at radius 1 is 1.24 bits per heavy atom. The van der Waals surface area contributed by atoms with E-state index >= 15 is 0 Å². The average Bonchev–Trinajstić information content (AvgIpc) is 2.28. The van der Waals surface area contributed by atoms with E-state index in [1.165, 1.54) is 11.1 Å². The second-order valence-electron chi connectivity index (χ2n) is 5.18. The fraction of sp³-hybridized carbons (Fsp3) is 0.600. The van der Waals surface area contributed by atoms with Gasteiger partial charge in [0.05, 0.1) is 0 Å². The van der Waals surface area contributed by atoms with E-state index in [2.05, 4.69) is 50.1 Å². The molecule has 0 saturated carbocycles. The summed E-state index contributed by atoms with van der Waals surface area (Å²) in [6, 6.07) is 8.83.